The van der Waals surface area contributed by atoms with E-state index in [1.807, 2.05) is 19.1 Å². The van der Waals surface area contributed by atoms with Crippen LogP contribution in [-0.2, 0) is 17.8 Å². The number of thiophene rings is 1. The van der Waals surface area contributed by atoms with Crippen molar-refractivity contribution in [2.24, 2.45) is 0 Å². The van der Waals surface area contributed by atoms with Crippen molar-refractivity contribution in [1.29, 1.82) is 0 Å². The molecule has 1 atom stereocenters. The topological polar surface area (TPSA) is 54.0 Å². The number of carbonyl (C=O) groups is 1. The van der Waals surface area contributed by atoms with Gasteiger partial charge in [-0.2, -0.15) is 11.3 Å². The van der Waals surface area contributed by atoms with Crippen LogP contribution in [0.3, 0.4) is 0 Å². The Hall–Kier alpha value is -2.09. The molecule has 1 N–H and O–H groups in total. The molecule has 0 spiro atoms. The van der Waals surface area contributed by atoms with Crippen molar-refractivity contribution in [1.82, 2.24) is 9.80 Å². The molecule has 1 amide bonds. The molecule has 2 aromatic rings. The van der Waals surface area contributed by atoms with Gasteiger partial charge in [0.2, 0.25) is 5.91 Å². The third kappa shape index (κ3) is 5.10. The van der Waals surface area contributed by atoms with Gasteiger partial charge in [0, 0.05) is 50.8 Å². The highest BCUT2D eigenvalue weighted by molar-refractivity contribution is 7.07. The van der Waals surface area contributed by atoms with E-state index >= 15 is 0 Å². The quantitative estimate of drug-likeness (QED) is 0.753. The Bertz CT molecular complexity index is 832. The number of piperazine rings is 1. The molecule has 2 aliphatic rings. The van der Waals surface area contributed by atoms with E-state index in [2.05, 4.69) is 38.9 Å². The lowest BCUT2D eigenvalue weighted by Gasteiger charge is -2.34. The smallest absolute Gasteiger partial charge is 0.238 e. The summed E-state index contributed by atoms with van der Waals surface area (Å²) in [5.74, 6) is 1.56. The number of fused-ring (bicyclic) bond motifs is 1. The first kappa shape index (κ1) is 20.2. The molecule has 0 bridgehead atoms. The molecule has 4 rings (SSSR count). The molecule has 0 aliphatic carbocycles. The lowest BCUT2D eigenvalue weighted by Crippen LogP contribution is -2.48. The number of nitrogens with zero attached hydrogens (tertiary/aromatic N) is 2. The van der Waals surface area contributed by atoms with Crippen LogP contribution in [0.25, 0.3) is 0 Å². The van der Waals surface area contributed by atoms with Crippen molar-refractivity contribution in [2.75, 3.05) is 44.6 Å². The molecule has 1 saturated heterocycles. The van der Waals surface area contributed by atoms with Crippen molar-refractivity contribution >= 4 is 22.9 Å². The lowest BCUT2D eigenvalue weighted by atomic mass is 10.1. The Morgan fingerprint density at radius 2 is 2.07 bits per heavy atom. The first-order chi connectivity index (χ1) is 14.1. The fourth-order valence-corrected chi connectivity index (χ4v) is 4.61. The average molecular weight is 416 g/mol. The molecule has 1 aromatic carbocycles. The van der Waals surface area contributed by atoms with Crippen LogP contribution in [0, 0.1) is 0 Å². The Labute approximate surface area is 176 Å². The maximum absolute atomic E-state index is 12.7. The van der Waals surface area contributed by atoms with Crippen LogP contribution in [0.15, 0.2) is 29.0 Å². The molecular formula is C22H29N3O3S. The third-order valence-electron chi connectivity index (χ3n) is 5.39. The van der Waals surface area contributed by atoms with Crippen LogP contribution in [0.2, 0.25) is 0 Å². The summed E-state index contributed by atoms with van der Waals surface area (Å²) in [6.45, 7) is 9.73. The van der Waals surface area contributed by atoms with E-state index < -0.39 is 0 Å². The molecule has 7 heteroatoms. The molecule has 3 heterocycles. The zero-order valence-corrected chi connectivity index (χ0v) is 18.0. The highest BCUT2D eigenvalue weighted by Crippen LogP contribution is 2.38. The minimum absolute atomic E-state index is 0.0109. The summed E-state index contributed by atoms with van der Waals surface area (Å²) >= 11 is 1.74. The fraction of sp³-hybridized carbons (Fsp3) is 0.500. The summed E-state index contributed by atoms with van der Waals surface area (Å²) in [6.07, 6.45) is 1.04. The monoisotopic (exact) mass is 415 g/mol. The molecule has 2 aliphatic heterocycles. The van der Waals surface area contributed by atoms with E-state index in [-0.39, 0.29) is 12.0 Å². The van der Waals surface area contributed by atoms with E-state index in [0.29, 0.717) is 18.8 Å². The maximum Gasteiger partial charge on any atom is 0.238 e. The minimum Gasteiger partial charge on any atom is -0.492 e. The number of nitrogens with one attached hydrogen (secondary N) is 1. The van der Waals surface area contributed by atoms with Gasteiger partial charge < -0.3 is 14.8 Å². The Kier molecular flexibility index (Phi) is 6.37. The maximum atomic E-state index is 12.7. The number of hydrogen-bond acceptors (Lipinski definition) is 6. The van der Waals surface area contributed by atoms with E-state index in [1.54, 1.807) is 11.3 Å². The molecule has 0 radical (unpaired) electrons. The van der Waals surface area contributed by atoms with Gasteiger partial charge in [0.05, 0.1) is 18.8 Å². The van der Waals surface area contributed by atoms with Crippen LogP contribution in [0.5, 0.6) is 11.5 Å². The Morgan fingerprint density at radius 1 is 1.28 bits per heavy atom. The van der Waals surface area contributed by atoms with E-state index in [1.165, 1.54) is 5.56 Å². The molecule has 29 heavy (non-hydrogen) atoms. The van der Waals surface area contributed by atoms with Gasteiger partial charge in [0.25, 0.3) is 0 Å². The van der Waals surface area contributed by atoms with E-state index in [9.17, 15) is 4.79 Å². The van der Waals surface area contributed by atoms with Crippen molar-refractivity contribution in [3.63, 3.8) is 0 Å². The van der Waals surface area contributed by atoms with Crippen LogP contribution in [0.1, 0.15) is 25.0 Å². The van der Waals surface area contributed by atoms with Gasteiger partial charge in [-0.25, -0.2) is 0 Å². The van der Waals surface area contributed by atoms with Gasteiger partial charge >= 0.3 is 0 Å². The van der Waals surface area contributed by atoms with Crippen molar-refractivity contribution in [2.45, 2.75) is 32.9 Å². The van der Waals surface area contributed by atoms with Crippen molar-refractivity contribution in [3.8, 4) is 11.5 Å². The summed E-state index contributed by atoms with van der Waals surface area (Å²) in [4.78, 5) is 17.3. The standard InChI is InChI=1S/C22H29N3O3S/c1-3-27-21-11-18-10-16(2)28-20(18)12-19(21)23-22(26)14-25-7-5-24(6-8-25)13-17-4-9-29-15-17/h4,9,11-12,15-16H,3,5-8,10,13-14H2,1-2H3,(H,23,26)/t16-/m0/s1. The normalized spacial score (nSPS) is 19.6. The Balaban J connectivity index is 1.31. The third-order valence-corrected chi connectivity index (χ3v) is 6.12. The van der Waals surface area contributed by atoms with E-state index in [4.69, 9.17) is 9.47 Å². The van der Waals surface area contributed by atoms with Crippen LogP contribution in [0.4, 0.5) is 5.69 Å². The SMILES string of the molecule is CCOc1cc2c(cc1NC(=O)CN1CCN(Cc3ccsc3)CC1)O[C@@H](C)C2. The molecule has 6 nitrogen and oxygen atoms in total. The van der Waals surface area contributed by atoms with Crippen molar-refractivity contribution in [3.05, 3.63) is 40.1 Å². The average Bonchev–Trinajstić information content (AvgIpc) is 3.32. The number of hydrogen-bond donors (Lipinski definition) is 1. The number of amides is 1. The molecule has 0 saturated carbocycles. The summed E-state index contributed by atoms with van der Waals surface area (Å²) in [6, 6.07) is 6.09. The second-order valence-corrected chi connectivity index (χ2v) is 8.53. The van der Waals surface area contributed by atoms with Crippen LogP contribution in [-0.4, -0.2) is 61.1 Å². The predicted molar refractivity (Wildman–Crippen MR) is 116 cm³/mol. The molecule has 1 aromatic heterocycles. The van der Waals surface area contributed by atoms with Crippen LogP contribution < -0.4 is 14.8 Å². The van der Waals surface area contributed by atoms with Gasteiger partial charge in [0.1, 0.15) is 17.6 Å². The number of rotatable bonds is 7. The van der Waals surface area contributed by atoms with Gasteiger partial charge in [0.15, 0.2) is 0 Å². The van der Waals surface area contributed by atoms with Crippen LogP contribution >= 0.6 is 11.3 Å². The first-order valence-corrected chi connectivity index (χ1v) is 11.3. The van der Waals surface area contributed by atoms with E-state index in [0.717, 1.165) is 56.2 Å². The first-order valence-electron chi connectivity index (χ1n) is 10.3. The van der Waals surface area contributed by atoms with Gasteiger partial charge in [-0.15, -0.1) is 0 Å². The highest BCUT2D eigenvalue weighted by atomic mass is 32.1. The second kappa shape index (κ2) is 9.15. The van der Waals surface area contributed by atoms with Crippen molar-refractivity contribution < 1.29 is 14.3 Å². The molecular weight excluding hydrogens is 386 g/mol. The summed E-state index contributed by atoms with van der Waals surface area (Å²) in [5, 5.41) is 7.36. The summed E-state index contributed by atoms with van der Waals surface area (Å²) in [5.41, 5.74) is 3.21. The predicted octanol–water partition coefficient (Wildman–Crippen LogP) is 3.23. The number of anilines is 1. The van der Waals surface area contributed by atoms with Gasteiger partial charge in [-0.3, -0.25) is 14.6 Å². The van der Waals surface area contributed by atoms with Gasteiger partial charge in [-0.05, 0) is 42.3 Å². The zero-order valence-electron chi connectivity index (χ0n) is 17.1. The molecule has 0 unspecified atom stereocenters. The lowest BCUT2D eigenvalue weighted by molar-refractivity contribution is -0.117. The number of ether oxygens (including phenoxy) is 2. The summed E-state index contributed by atoms with van der Waals surface area (Å²) in [7, 11) is 0. The second-order valence-electron chi connectivity index (χ2n) is 7.75. The van der Waals surface area contributed by atoms with Gasteiger partial charge in [-0.1, -0.05) is 0 Å². The number of carbonyl (C=O) groups excluding carboxylic acids is 1. The molecule has 1 fully saturated rings. The Morgan fingerprint density at radius 3 is 2.79 bits per heavy atom. The number of benzene rings is 1. The minimum atomic E-state index is -0.0109. The largest absolute Gasteiger partial charge is 0.492 e. The fourth-order valence-electron chi connectivity index (χ4n) is 3.95. The highest BCUT2D eigenvalue weighted by Gasteiger charge is 2.24. The zero-order chi connectivity index (χ0) is 20.2. The summed E-state index contributed by atoms with van der Waals surface area (Å²) < 4.78 is 11.6. The molecule has 156 valence electrons.